The molecule has 0 aromatic heterocycles. The molecule has 0 spiro atoms. The molecule has 0 radical (unpaired) electrons. The van der Waals surface area contributed by atoms with Gasteiger partial charge in [-0.15, -0.1) is 0 Å². The minimum atomic E-state index is -0.675. The van der Waals surface area contributed by atoms with Crippen molar-refractivity contribution in [3.05, 3.63) is 69.3 Å². The molecule has 1 saturated heterocycles. The van der Waals surface area contributed by atoms with Crippen LogP contribution in [0.2, 0.25) is 5.02 Å². The topological polar surface area (TPSA) is 63.4 Å². The molecule has 2 aromatic carbocycles. The van der Waals surface area contributed by atoms with E-state index in [-0.39, 0.29) is 25.4 Å². The van der Waals surface area contributed by atoms with E-state index >= 15 is 0 Å². The van der Waals surface area contributed by atoms with Gasteiger partial charge in [0.15, 0.2) is 4.32 Å². The Kier molecular flexibility index (Phi) is 4.89. The van der Waals surface area contributed by atoms with Crippen LogP contribution >= 0.6 is 35.6 Å². The van der Waals surface area contributed by atoms with E-state index in [0.717, 1.165) is 11.8 Å². The number of rotatable bonds is 3. The second-order valence-corrected chi connectivity index (χ2v) is 7.12. The second-order valence-electron chi connectivity index (χ2n) is 5.03. The van der Waals surface area contributed by atoms with E-state index in [4.69, 9.17) is 29.6 Å². The van der Waals surface area contributed by atoms with E-state index in [1.54, 1.807) is 18.2 Å². The van der Waals surface area contributed by atoms with Crippen molar-refractivity contribution in [2.24, 2.45) is 5.73 Å². The molecule has 0 bridgehead atoms. The molecule has 126 valence electrons. The van der Waals surface area contributed by atoms with Crippen molar-refractivity contribution in [1.29, 1.82) is 0 Å². The Bertz CT molecular complexity index is 926. The van der Waals surface area contributed by atoms with Crippen LogP contribution in [0.15, 0.2) is 47.4 Å². The lowest BCUT2D eigenvalue weighted by atomic mass is 10.1. The van der Waals surface area contributed by atoms with Gasteiger partial charge in [0, 0.05) is 5.56 Å². The number of amides is 2. The largest absolute Gasteiger partial charge is 0.366 e. The van der Waals surface area contributed by atoms with Crippen molar-refractivity contribution in [2.45, 2.75) is 0 Å². The smallest absolute Gasteiger partial charge is 0.270 e. The van der Waals surface area contributed by atoms with Crippen LogP contribution in [0.5, 0.6) is 0 Å². The second kappa shape index (κ2) is 6.95. The SMILES string of the molecule is NC(=O)c1ccccc1N1C(=O)/C(=C/c2c(F)cccc2Cl)SC1=S. The maximum absolute atomic E-state index is 14.0. The molecule has 3 rings (SSSR count). The fourth-order valence-electron chi connectivity index (χ4n) is 2.33. The van der Waals surface area contributed by atoms with Crippen LogP contribution in [0.1, 0.15) is 15.9 Å². The van der Waals surface area contributed by atoms with Gasteiger partial charge in [-0.2, -0.15) is 0 Å². The highest BCUT2D eigenvalue weighted by molar-refractivity contribution is 8.27. The molecule has 0 aliphatic carbocycles. The summed E-state index contributed by atoms with van der Waals surface area (Å²) in [6.07, 6.45) is 1.35. The van der Waals surface area contributed by atoms with E-state index in [1.807, 2.05) is 0 Å². The molecule has 2 aromatic rings. The highest BCUT2D eigenvalue weighted by atomic mass is 35.5. The molecule has 0 saturated carbocycles. The number of carbonyl (C=O) groups is 2. The Hall–Kier alpha value is -2.22. The Morgan fingerprint density at radius 2 is 1.96 bits per heavy atom. The zero-order chi connectivity index (χ0) is 18.1. The maximum atomic E-state index is 14.0. The van der Waals surface area contributed by atoms with Gasteiger partial charge in [0.05, 0.1) is 21.2 Å². The zero-order valence-corrected chi connectivity index (χ0v) is 14.9. The fraction of sp³-hybridized carbons (Fsp3) is 0. The predicted octanol–water partition coefficient (Wildman–Crippen LogP) is 3.98. The Balaban J connectivity index is 2.05. The van der Waals surface area contributed by atoms with Gasteiger partial charge >= 0.3 is 0 Å². The fourth-order valence-corrected chi connectivity index (χ4v) is 3.82. The van der Waals surface area contributed by atoms with Crippen LogP contribution in [0.25, 0.3) is 6.08 Å². The van der Waals surface area contributed by atoms with E-state index < -0.39 is 17.6 Å². The summed E-state index contributed by atoms with van der Waals surface area (Å²) in [7, 11) is 0. The number of nitrogens with two attached hydrogens (primary N) is 1. The number of hydrogen-bond acceptors (Lipinski definition) is 4. The number of para-hydroxylation sites is 1. The average Bonchev–Trinajstić information content (AvgIpc) is 2.85. The third-order valence-electron chi connectivity index (χ3n) is 3.48. The van der Waals surface area contributed by atoms with Crippen molar-refractivity contribution in [3.8, 4) is 0 Å². The zero-order valence-electron chi connectivity index (χ0n) is 12.5. The van der Waals surface area contributed by atoms with Crippen molar-refractivity contribution in [2.75, 3.05) is 4.90 Å². The van der Waals surface area contributed by atoms with Crippen molar-refractivity contribution in [3.63, 3.8) is 0 Å². The van der Waals surface area contributed by atoms with Gasteiger partial charge in [0.1, 0.15) is 5.82 Å². The summed E-state index contributed by atoms with van der Waals surface area (Å²) in [5.41, 5.74) is 5.93. The molecule has 2 N–H and O–H groups in total. The summed E-state index contributed by atoms with van der Waals surface area (Å²) in [5, 5.41) is 0.183. The number of carbonyl (C=O) groups excluding carboxylic acids is 2. The lowest BCUT2D eigenvalue weighted by Gasteiger charge is -2.17. The summed E-state index contributed by atoms with van der Waals surface area (Å²) < 4.78 is 14.2. The van der Waals surface area contributed by atoms with Crippen LogP contribution in [0.3, 0.4) is 0 Å². The number of nitrogens with zero attached hydrogens (tertiary/aromatic N) is 1. The van der Waals surface area contributed by atoms with Gasteiger partial charge in [-0.3, -0.25) is 14.5 Å². The van der Waals surface area contributed by atoms with Crippen LogP contribution in [-0.2, 0) is 4.79 Å². The Labute approximate surface area is 157 Å². The summed E-state index contributed by atoms with van der Waals surface area (Å²) >= 11 is 12.3. The van der Waals surface area contributed by atoms with Crippen LogP contribution in [-0.4, -0.2) is 16.1 Å². The third-order valence-corrected chi connectivity index (χ3v) is 5.11. The van der Waals surface area contributed by atoms with E-state index in [0.29, 0.717) is 5.69 Å². The van der Waals surface area contributed by atoms with E-state index in [1.165, 1.54) is 35.2 Å². The summed E-state index contributed by atoms with van der Waals surface area (Å²) in [4.78, 5) is 25.8. The molecule has 1 aliphatic heterocycles. The first kappa shape index (κ1) is 17.6. The molecule has 25 heavy (non-hydrogen) atoms. The van der Waals surface area contributed by atoms with Gasteiger partial charge in [-0.25, -0.2) is 4.39 Å². The van der Waals surface area contributed by atoms with Crippen molar-refractivity contribution >= 4 is 63.5 Å². The van der Waals surface area contributed by atoms with Crippen LogP contribution < -0.4 is 10.6 Å². The maximum Gasteiger partial charge on any atom is 0.270 e. The van der Waals surface area contributed by atoms with Crippen LogP contribution in [0, 0.1) is 5.82 Å². The molecule has 4 nitrogen and oxygen atoms in total. The monoisotopic (exact) mass is 392 g/mol. The standard InChI is InChI=1S/C17H10ClFN2O2S2/c18-11-5-3-6-12(19)10(11)8-14-16(23)21(17(24)25-14)13-7-2-1-4-9(13)15(20)22/h1-8H,(H2,20,22)/b14-8-. The molecular formula is C17H10ClFN2O2S2. The average molecular weight is 393 g/mol. The molecule has 8 heteroatoms. The third kappa shape index (κ3) is 3.30. The Morgan fingerprint density at radius 3 is 2.64 bits per heavy atom. The first-order chi connectivity index (χ1) is 11.9. The lowest BCUT2D eigenvalue weighted by molar-refractivity contribution is -0.113. The van der Waals surface area contributed by atoms with Crippen molar-refractivity contribution in [1.82, 2.24) is 0 Å². The number of hydrogen-bond donors (Lipinski definition) is 1. The first-order valence-electron chi connectivity index (χ1n) is 7.01. The number of thioether (sulfide) groups is 1. The highest BCUT2D eigenvalue weighted by Gasteiger charge is 2.35. The molecular weight excluding hydrogens is 383 g/mol. The van der Waals surface area contributed by atoms with Gasteiger partial charge < -0.3 is 5.73 Å². The quantitative estimate of drug-likeness (QED) is 0.633. The molecule has 1 aliphatic rings. The molecule has 0 atom stereocenters. The van der Waals surface area contributed by atoms with E-state index in [2.05, 4.69) is 0 Å². The van der Waals surface area contributed by atoms with E-state index in [9.17, 15) is 14.0 Å². The highest BCUT2D eigenvalue weighted by Crippen LogP contribution is 2.38. The molecule has 2 amide bonds. The summed E-state index contributed by atoms with van der Waals surface area (Å²) in [5.74, 6) is -1.69. The number of primary amides is 1. The Morgan fingerprint density at radius 1 is 1.24 bits per heavy atom. The minimum Gasteiger partial charge on any atom is -0.366 e. The minimum absolute atomic E-state index is 0.104. The summed E-state index contributed by atoms with van der Waals surface area (Å²) in [6, 6.07) is 10.6. The first-order valence-corrected chi connectivity index (χ1v) is 8.61. The lowest BCUT2D eigenvalue weighted by Crippen LogP contribution is -2.30. The molecule has 1 heterocycles. The molecule has 1 fully saturated rings. The predicted molar refractivity (Wildman–Crippen MR) is 102 cm³/mol. The van der Waals surface area contributed by atoms with Crippen molar-refractivity contribution < 1.29 is 14.0 Å². The number of benzene rings is 2. The van der Waals surface area contributed by atoms with Crippen LogP contribution in [0.4, 0.5) is 10.1 Å². The number of halogens is 2. The van der Waals surface area contributed by atoms with Gasteiger partial charge in [0.25, 0.3) is 11.8 Å². The number of anilines is 1. The molecule has 0 unspecified atom stereocenters. The summed E-state index contributed by atoms with van der Waals surface area (Å²) in [6.45, 7) is 0. The van der Waals surface area contributed by atoms with Gasteiger partial charge in [-0.1, -0.05) is 53.8 Å². The number of thiocarbonyl (C=S) groups is 1. The van der Waals surface area contributed by atoms with Gasteiger partial charge in [-0.05, 0) is 30.3 Å². The van der Waals surface area contributed by atoms with Gasteiger partial charge in [0.2, 0.25) is 0 Å². The normalized spacial score (nSPS) is 15.9.